The second kappa shape index (κ2) is 5.44. The molecule has 0 amide bonds. The van der Waals surface area contributed by atoms with E-state index in [0.717, 1.165) is 24.7 Å². The number of nitrogens with two attached hydrogens (primary N) is 1. The Kier molecular flexibility index (Phi) is 3.93. The lowest BCUT2D eigenvalue weighted by Gasteiger charge is -2.34. The number of piperidine rings is 1. The predicted octanol–water partition coefficient (Wildman–Crippen LogP) is 3.59. The normalized spacial score (nSPS) is 17.4. The minimum absolute atomic E-state index is 0.930. The van der Waals surface area contributed by atoms with Crippen molar-refractivity contribution < 1.29 is 0 Å². The van der Waals surface area contributed by atoms with E-state index >= 15 is 0 Å². The number of aryl methyl sites for hydroxylation is 1. The molecule has 1 saturated heterocycles. The lowest BCUT2D eigenvalue weighted by molar-refractivity contribution is 0.378. The van der Waals surface area contributed by atoms with Crippen LogP contribution in [-0.2, 0) is 0 Å². The third-order valence-corrected chi connectivity index (χ3v) is 3.84. The zero-order valence-electron chi connectivity index (χ0n) is 11.1. The van der Waals surface area contributed by atoms with Gasteiger partial charge in [0, 0.05) is 13.1 Å². The van der Waals surface area contributed by atoms with Gasteiger partial charge in [0.25, 0.3) is 0 Å². The molecular weight excluding hydrogens is 208 g/mol. The highest BCUT2D eigenvalue weighted by Crippen LogP contribution is 2.30. The van der Waals surface area contributed by atoms with Gasteiger partial charge in [-0.15, -0.1) is 0 Å². The van der Waals surface area contributed by atoms with Crippen LogP contribution in [0.5, 0.6) is 0 Å². The molecule has 2 heteroatoms. The molecule has 2 nitrogen and oxygen atoms in total. The number of hydrogen-bond donors (Lipinski definition) is 1. The average molecular weight is 232 g/mol. The summed E-state index contributed by atoms with van der Waals surface area (Å²) in [6.45, 7) is 6.70. The molecule has 1 aromatic rings. The van der Waals surface area contributed by atoms with E-state index in [1.165, 1.54) is 36.9 Å². The molecule has 94 valence electrons. The van der Waals surface area contributed by atoms with Crippen LogP contribution in [0.2, 0.25) is 0 Å². The van der Waals surface area contributed by atoms with Gasteiger partial charge < -0.3 is 10.6 Å². The fourth-order valence-electron chi connectivity index (χ4n) is 2.83. The maximum atomic E-state index is 6.10. The molecule has 0 bridgehead atoms. The average Bonchev–Trinajstić information content (AvgIpc) is 2.31. The van der Waals surface area contributed by atoms with Crippen LogP contribution in [0, 0.1) is 12.8 Å². The van der Waals surface area contributed by atoms with Gasteiger partial charge in [-0.05, 0) is 43.4 Å². The monoisotopic (exact) mass is 232 g/mol. The summed E-state index contributed by atoms with van der Waals surface area (Å²) in [6.07, 6.45) is 5.34. The standard InChI is InChI=1S/C15H24N2/c1-3-4-13-7-9-17(10-8-13)15-6-5-12(2)11-14(15)16/h5-6,11,13H,3-4,7-10,16H2,1-2H3. The van der Waals surface area contributed by atoms with Gasteiger partial charge in [0.2, 0.25) is 0 Å². The SMILES string of the molecule is CCCC1CCN(c2ccc(C)cc2N)CC1. The van der Waals surface area contributed by atoms with Crippen LogP contribution in [0.4, 0.5) is 11.4 Å². The van der Waals surface area contributed by atoms with E-state index in [9.17, 15) is 0 Å². The Morgan fingerprint density at radius 2 is 2.00 bits per heavy atom. The highest BCUT2D eigenvalue weighted by atomic mass is 15.1. The summed E-state index contributed by atoms with van der Waals surface area (Å²) in [6, 6.07) is 6.40. The third-order valence-electron chi connectivity index (χ3n) is 3.84. The number of anilines is 2. The van der Waals surface area contributed by atoms with Gasteiger partial charge in [-0.2, -0.15) is 0 Å². The Morgan fingerprint density at radius 3 is 2.59 bits per heavy atom. The quantitative estimate of drug-likeness (QED) is 0.807. The summed E-state index contributed by atoms with van der Waals surface area (Å²) in [5, 5.41) is 0. The van der Waals surface area contributed by atoms with Gasteiger partial charge in [-0.1, -0.05) is 25.8 Å². The molecule has 1 heterocycles. The summed E-state index contributed by atoms with van der Waals surface area (Å²) in [5.74, 6) is 0.933. The summed E-state index contributed by atoms with van der Waals surface area (Å²) in [5.41, 5.74) is 9.50. The van der Waals surface area contributed by atoms with Crippen LogP contribution in [-0.4, -0.2) is 13.1 Å². The topological polar surface area (TPSA) is 29.3 Å². The number of benzene rings is 1. The van der Waals surface area contributed by atoms with E-state index in [1.807, 2.05) is 0 Å². The van der Waals surface area contributed by atoms with E-state index in [1.54, 1.807) is 0 Å². The molecule has 2 N–H and O–H groups in total. The Balaban J connectivity index is 2.00. The van der Waals surface area contributed by atoms with E-state index in [4.69, 9.17) is 5.73 Å². The summed E-state index contributed by atoms with van der Waals surface area (Å²) in [7, 11) is 0. The Labute approximate surface area is 105 Å². The minimum atomic E-state index is 0.930. The summed E-state index contributed by atoms with van der Waals surface area (Å²) in [4.78, 5) is 2.45. The van der Waals surface area contributed by atoms with Crippen LogP contribution in [0.3, 0.4) is 0 Å². The van der Waals surface area contributed by atoms with Gasteiger partial charge in [0.15, 0.2) is 0 Å². The second-order valence-electron chi connectivity index (χ2n) is 5.28. The lowest BCUT2D eigenvalue weighted by atomic mass is 9.92. The molecule has 17 heavy (non-hydrogen) atoms. The highest BCUT2D eigenvalue weighted by Gasteiger charge is 2.19. The first kappa shape index (κ1) is 12.3. The van der Waals surface area contributed by atoms with Crippen molar-refractivity contribution in [2.45, 2.75) is 39.5 Å². The van der Waals surface area contributed by atoms with Crippen molar-refractivity contribution in [1.29, 1.82) is 0 Å². The molecule has 1 fully saturated rings. The van der Waals surface area contributed by atoms with E-state index in [0.29, 0.717) is 0 Å². The minimum Gasteiger partial charge on any atom is -0.397 e. The Morgan fingerprint density at radius 1 is 1.29 bits per heavy atom. The van der Waals surface area contributed by atoms with Gasteiger partial charge >= 0.3 is 0 Å². The van der Waals surface area contributed by atoms with Crippen LogP contribution in [0.1, 0.15) is 38.2 Å². The number of nitrogens with zero attached hydrogens (tertiary/aromatic N) is 1. The fraction of sp³-hybridized carbons (Fsp3) is 0.600. The highest BCUT2D eigenvalue weighted by molar-refractivity contribution is 5.68. The Bertz CT molecular complexity index is 365. The maximum absolute atomic E-state index is 6.10. The van der Waals surface area contributed by atoms with E-state index in [-0.39, 0.29) is 0 Å². The van der Waals surface area contributed by atoms with Crippen molar-refractivity contribution in [2.75, 3.05) is 23.7 Å². The van der Waals surface area contributed by atoms with Crippen molar-refractivity contribution in [1.82, 2.24) is 0 Å². The van der Waals surface area contributed by atoms with Crippen molar-refractivity contribution >= 4 is 11.4 Å². The van der Waals surface area contributed by atoms with Crippen molar-refractivity contribution in [3.63, 3.8) is 0 Å². The van der Waals surface area contributed by atoms with Gasteiger partial charge in [0.05, 0.1) is 11.4 Å². The van der Waals surface area contributed by atoms with Crippen LogP contribution >= 0.6 is 0 Å². The zero-order valence-corrected chi connectivity index (χ0v) is 11.1. The molecular formula is C15H24N2. The van der Waals surface area contributed by atoms with E-state index in [2.05, 4.69) is 36.9 Å². The van der Waals surface area contributed by atoms with Crippen molar-refractivity contribution in [2.24, 2.45) is 5.92 Å². The van der Waals surface area contributed by atoms with Crippen LogP contribution in [0.15, 0.2) is 18.2 Å². The molecule has 0 aromatic heterocycles. The second-order valence-corrected chi connectivity index (χ2v) is 5.28. The molecule has 0 atom stereocenters. The molecule has 0 radical (unpaired) electrons. The molecule has 0 aliphatic carbocycles. The first-order valence-corrected chi connectivity index (χ1v) is 6.81. The number of nitrogen functional groups attached to an aromatic ring is 1. The molecule has 0 unspecified atom stereocenters. The number of rotatable bonds is 3. The van der Waals surface area contributed by atoms with E-state index < -0.39 is 0 Å². The smallest absolute Gasteiger partial charge is 0.0600 e. The third kappa shape index (κ3) is 2.93. The largest absolute Gasteiger partial charge is 0.397 e. The Hall–Kier alpha value is -1.18. The number of hydrogen-bond acceptors (Lipinski definition) is 2. The predicted molar refractivity (Wildman–Crippen MR) is 75.4 cm³/mol. The summed E-state index contributed by atoms with van der Waals surface area (Å²) >= 11 is 0. The van der Waals surface area contributed by atoms with Gasteiger partial charge in [-0.3, -0.25) is 0 Å². The van der Waals surface area contributed by atoms with Crippen molar-refractivity contribution in [3.05, 3.63) is 23.8 Å². The molecule has 0 saturated carbocycles. The maximum Gasteiger partial charge on any atom is 0.0600 e. The lowest BCUT2D eigenvalue weighted by Crippen LogP contribution is -2.34. The van der Waals surface area contributed by atoms with Crippen LogP contribution < -0.4 is 10.6 Å². The molecule has 2 rings (SSSR count). The van der Waals surface area contributed by atoms with Gasteiger partial charge in [-0.25, -0.2) is 0 Å². The zero-order chi connectivity index (χ0) is 12.3. The first-order valence-electron chi connectivity index (χ1n) is 6.81. The molecule has 1 aromatic carbocycles. The molecule has 1 aliphatic rings. The molecule has 1 aliphatic heterocycles. The van der Waals surface area contributed by atoms with Crippen molar-refractivity contribution in [3.8, 4) is 0 Å². The first-order chi connectivity index (χ1) is 8.20. The molecule has 0 spiro atoms. The summed E-state index contributed by atoms with van der Waals surface area (Å²) < 4.78 is 0. The van der Waals surface area contributed by atoms with Gasteiger partial charge in [0.1, 0.15) is 0 Å². The van der Waals surface area contributed by atoms with Crippen LogP contribution in [0.25, 0.3) is 0 Å². The fourth-order valence-corrected chi connectivity index (χ4v) is 2.83.